The molecule has 0 radical (unpaired) electrons. The molecule has 0 bridgehead atoms. The highest BCUT2D eigenvalue weighted by Crippen LogP contribution is 2.40. The third-order valence-corrected chi connectivity index (χ3v) is 6.17. The maximum Gasteiger partial charge on any atom is 0.312 e. The van der Waals surface area contributed by atoms with Crippen molar-refractivity contribution in [2.45, 2.75) is 98.3 Å². The van der Waals surface area contributed by atoms with Crippen molar-refractivity contribution in [2.75, 3.05) is 20.3 Å². The summed E-state index contributed by atoms with van der Waals surface area (Å²) in [5.41, 5.74) is 2.09. The fraction of sp³-hybridized carbons (Fsp3) is 0.690. The lowest BCUT2D eigenvalue weighted by Gasteiger charge is -2.28. The van der Waals surface area contributed by atoms with Gasteiger partial charge in [-0.05, 0) is 46.8 Å². The van der Waals surface area contributed by atoms with Gasteiger partial charge in [0, 0.05) is 6.42 Å². The molecule has 0 aliphatic heterocycles. The van der Waals surface area contributed by atoms with Crippen molar-refractivity contribution >= 4 is 17.9 Å². The number of benzene rings is 1. The lowest BCUT2D eigenvalue weighted by Crippen LogP contribution is -2.29. The molecule has 204 valence electrons. The predicted octanol–water partition coefficient (Wildman–Crippen LogP) is 5.62. The highest BCUT2D eigenvalue weighted by molar-refractivity contribution is 5.76. The molecule has 2 atom stereocenters. The molecule has 36 heavy (non-hydrogen) atoms. The summed E-state index contributed by atoms with van der Waals surface area (Å²) in [6, 6.07) is 3.90. The summed E-state index contributed by atoms with van der Waals surface area (Å²) in [5.74, 6) is -2.31. The van der Waals surface area contributed by atoms with Crippen LogP contribution in [0, 0.1) is 11.8 Å². The molecule has 2 unspecified atom stereocenters. The molecule has 0 spiro atoms. The molecular formula is C29H46O7. The van der Waals surface area contributed by atoms with Crippen LogP contribution >= 0.6 is 0 Å². The summed E-state index contributed by atoms with van der Waals surface area (Å²) < 4.78 is 15.5. The molecule has 0 aromatic heterocycles. The average molecular weight is 507 g/mol. The zero-order valence-corrected chi connectivity index (χ0v) is 23.7. The minimum Gasteiger partial charge on any atom is -0.507 e. The van der Waals surface area contributed by atoms with E-state index in [2.05, 4.69) is 0 Å². The Morgan fingerprint density at radius 2 is 1.50 bits per heavy atom. The van der Waals surface area contributed by atoms with Gasteiger partial charge < -0.3 is 19.3 Å². The second-order valence-electron chi connectivity index (χ2n) is 11.6. The number of hydrogen-bond donors (Lipinski definition) is 1. The van der Waals surface area contributed by atoms with Crippen molar-refractivity contribution in [3.8, 4) is 5.75 Å². The SMILES string of the molecule is CCCCOC(=O)C(COC(=O)CCc1cc(C(C)(C)C)c(O)c(C(C)(C)C)c1)CC(C)C(=O)OC. The molecule has 0 fully saturated rings. The fourth-order valence-electron chi connectivity index (χ4n) is 3.89. The normalized spacial score (nSPS) is 13.6. The van der Waals surface area contributed by atoms with E-state index in [1.54, 1.807) is 6.92 Å². The Balaban J connectivity index is 2.92. The lowest BCUT2D eigenvalue weighted by atomic mass is 9.78. The molecule has 7 nitrogen and oxygen atoms in total. The van der Waals surface area contributed by atoms with Crippen LogP contribution in [0.2, 0.25) is 0 Å². The van der Waals surface area contributed by atoms with Gasteiger partial charge in [0.2, 0.25) is 0 Å². The van der Waals surface area contributed by atoms with E-state index in [4.69, 9.17) is 14.2 Å². The van der Waals surface area contributed by atoms with Crippen LogP contribution in [0.3, 0.4) is 0 Å². The Bertz CT molecular complexity index is 855. The first-order valence-electron chi connectivity index (χ1n) is 12.9. The molecule has 1 rings (SSSR count). The maximum absolute atomic E-state index is 12.6. The first kappa shape index (κ1) is 31.5. The first-order chi connectivity index (χ1) is 16.6. The fourth-order valence-corrected chi connectivity index (χ4v) is 3.89. The van der Waals surface area contributed by atoms with E-state index < -0.39 is 29.7 Å². The number of ether oxygens (including phenoxy) is 3. The van der Waals surface area contributed by atoms with E-state index in [-0.39, 0.29) is 30.3 Å². The minimum atomic E-state index is -0.742. The molecule has 0 saturated carbocycles. The van der Waals surface area contributed by atoms with E-state index in [1.165, 1.54) is 7.11 Å². The molecule has 0 aliphatic carbocycles. The molecule has 0 aliphatic rings. The van der Waals surface area contributed by atoms with Crippen LogP contribution in [0.15, 0.2) is 12.1 Å². The summed E-state index contributed by atoms with van der Waals surface area (Å²) >= 11 is 0. The molecule has 1 N–H and O–H groups in total. The zero-order valence-electron chi connectivity index (χ0n) is 23.7. The van der Waals surface area contributed by atoms with Gasteiger partial charge in [0.05, 0.1) is 25.6 Å². The van der Waals surface area contributed by atoms with Crippen LogP contribution in [0.5, 0.6) is 5.75 Å². The minimum absolute atomic E-state index is 0.127. The largest absolute Gasteiger partial charge is 0.507 e. The van der Waals surface area contributed by atoms with Crippen LogP contribution in [-0.2, 0) is 45.8 Å². The first-order valence-corrected chi connectivity index (χ1v) is 12.9. The van der Waals surface area contributed by atoms with Gasteiger partial charge in [0.25, 0.3) is 0 Å². The number of rotatable bonds is 12. The molecule has 1 aromatic rings. The third kappa shape index (κ3) is 9.82. The Morgan fingerprint density at radius 3 is 1.97 bits per heavy atom. The van der Waals surface area contributed by atoms with E-state index in [9.17, 15) is 19.5 Å². The van der Waals surface area contributed by atoms with E-state index in [1.807, 2.05) is 60.6 Å². The van der Waals surface area contributed by atoms with Crippen LogP contribution in [0.1, 0.15) is 97.8 Å². The topological polar surface area (TPSA) is 99.1 Å². The Morgan fingerprint density at radius 1 is 0.944 bits per heavy atom. The van der Waals surface area contributed by atoms with Crippen molar-refractivity contribution in [2.24, 2.45) is 11.8 Å². The van der Waals surface area contributed by atoms with E-state index in [0.29, 0.717) is 18.8 Å². The molecule has 0 saturated heterocycles. The van der Waals surface area contributed by atoms with Gasteiger partial charge in [-0.1, -0.05) is 73.9 Å². The van der Waals surface area contributed by atoms with Gasteiger partial charge in [-0.2, -0.15) is 0 Å². The van der Waals surface area contributed by atoms with Crippen LogP contribution < -0.4 is 0 Å². The number of carbonyl (C=O) groups excluding carboxylic acids is 3. The van der Waals surface area contributed by atoms with Gasteiger partial charge in [0.1, 0.15) is 12.4 Å². The highest BCUT2D eigenvalue weighted by atomic mass is 16.6. The second-order valence-corrected chi connectivity index (χ2v) is 11.6. The predicted molar refractivity (Wildman–Crippen MR) is 140 cm³/mol. The molecular weight excluding hydrogens is 460 g/mol. The van der Waals surface area contributed by atoms with Gasteiger partial charge in [0.15, 0.2) is 0 Å². The van der Waals surface area contributed by atoms with Crippen molar-refractivity contribution in [1.82, 2.24) is 0 Å². The molecule has 1 aromatic carbocycles. The van der Waals surface area contributed by atoms with Crippen LogP contribution in [0.4, 0.5) is 0 Å². The number of carbonyl (C=O) groups is 3. The highest BCUT2D eigenvalue weighted by Gasteiger charge is 2.29. The number of aromatic hydroxyl groups is 1. The zero-order chi connectivity index (χ0) is 27.7. The summed E-state index contributed by atoms with van der Waals surface area (Å²) in [5, 5.41) is 10.9. The van der Waals surface area contributed by atoms with Crippen molar-refractivity contribution in [1.29, 1.82) is 0 Å². The average Bonchev–Trinajstić information content (AvgIpc) is 2.78. The third-order valence-electron chi connectivity index (χ3n) is 6.17. The summed E-state index contributed by atoms with van der Waals surface area (Å²) in [6.07, 6.45) is 2.37. The summed E-state index contributed by atoms with van der Waals surface area (Å²) in [6.45, 7) is 16.1. The smallest absolute Gasteiger partial charge is 0.312 e. The Labute approximate surface area is 216 Å². The summed E-state index contributed by atoms with van der Waals surface area (Å²) in [7, 11) is 1.30. The number of phenolic OH excluding ortho intramolecular Hbond substituents is 1. The molecule has 7 heteroatoms. The van der Waals surface area contributed by atoms with Crippen molar-refractivity contribution in [3.63, 3.8) is 0 Å². The number of hydrogen-bond acceptors (Lipinski definition) is 7. The van der Waals surface area contributed by atoms with Crippen molar-refractivity contribution in [3.05, 3.63) is 28.8 Å². The second kappa shape index (κ2) is 13.7. The van der Waals surface area contributed by atoms with Gasteiger partial charge in [-0.15, -0.1) is 0 Å². The standard InChI is InChI=1S/C29H46O7/c1-10-11-14-35-27(33)21(15-19(2)26(32)34-9)18-36-24(30)13-12-20-16-22(28(3,4)5)25(31)23(17-20)29(6,7)8/h16-17,19,21,31H,10-15,18H2,1-9H3. The van der Waals surface area contributed by atoms with Crippen molar-refractivity contribution < 1.29 is 33.7 Å². The number of esters is 3. The van der Waals surface area contributed by atoms with Gasteiger partial charge >= 0.3 is 17.9 Å². The number of aryl methyl sites for hydroxylation is 1. The molecule has 0 amide bonds. The van der Waals surface area contributed by atoms with Gasteiger partial charge in [-0.3, -0.25) is 14.4 Å². The Hall–Kier alpha value is -2.57. The molecule has 0 heterocycles. The quantitative estimate of drug-likeness (QED) is 0.223. The maximum atomic E-state index is 12.6. The Kier molecular flexibility index (Phi) is 11.9. The van der Waals surface area contributed by atoms with E-state index >= 15 is 0 Å². The summed E-state index contributed by atoms with van der Waals surface area (Å²) in [4.78, 5) is 37.0. The monoisotopic (exact) mass is 506 g/mol. The van der Waals surface area contributed by atoms with Crippen LogP contribution in [-0.4, -0.2) is 43.3 Å². The number of unbranched alkanes of at least 4 members (excludes halogenated alkanes) is 1. The van der Waals surface area contributed by atoms with Crippen LogP contribution in [0.25, 0.3) is 0 Å². The van der Waals surface area contributed by atoms with E-state index in [0.717, 1.165) is 29.5 Å². The number of phenols is 1. The lowest BCUT2D eigenvalue weighted by molar-refractivity contribution is -0.156. The number of methoxy groups -OCH3 is 1. The van der Waals surface area contributed by atoms with Gasteiger partial charge in [-0.25, -0.2) is 0 Å².